The number of fused-ring (bicyclic) bond motifs is 1. The highest BCUT2D eigenvalue weighted by Crippen LogP contribution is 2.39. The van der Waals surface area contributed by atoms with Gasteiger partial charge in [-0.2, -0.15) is 5.01 Å². The molecular weight excluding hydrogens is 445 g/mol. The normalized spacial score (nSPS) is 21.4. The van der Waals surface area contributed by atoms with Crippen molar-refractivity contribution in [3.63, 3.8) is 0 Å². The second kappa shape index (κ2) is 8.97. The van der Waals surface area contributed by atoms with Gasteiger partial charge in [0.25, 0.3) is 23.4 Å². The molecular formula is C24H20FN3O6. The summed E-state index contributed by atoms with van der Waals surface area (Å²) in [5.41, 5.74) is -0.196. The SMILES string of the molecule is C[C@@H]1C=CC[C@@H]2C(=O)N(N(CC(=O)c3ccc(F)cc3)C(=O)c3ccc([N+](=O)[O-])cc3)C(=O)[C@H]12. The second-order valence-corrected chi connectivity index (χ2v) is 8.24. The zero-order chi connectivity index (χ0) is 24.6. The first-order valence-corrected chi connectivity index (χ1v) is 10.6. The molecule has 34 heavy (non-hydrogen) atoms. The molecule has 1 aliphatic carbocycles. The predicted molar refractivity (Wildman–Crippen MR) is 117 cm³/mol. The van der Waals surface area contributed by atoms with Crippen molar-refractivity contribution in [2.75, 3.05) is 6.54 Å². The third-order valence-electron chi connectivity index (χ3n) is 6.11. The van der Waals surface area contributed by atoms with E-state index in [1.54, 1.807) is 6.92 Å². The molecule has 0 radical (unpaired) electrons. The Morgan fingerprint density at radius 3 is 2.26 bits per heavy atom. The molecule has 2 aliphatic rings. The van der Waals surface area contributed by atoms with Crippen LogP contribution >= 0.6 is 0 Å². The number of halogens is 1. The van der Waals surface area contributed by atoms with Gasteiger partial charge in [0.1, 0.15) is 12.4 Å². The molecule has 0 unspecified atom stereocenters. The van der Waals surface area contributed by atoms with Crippen LogP contribution in [0, 0.1) is 33.7 Å². The summed E-state index contributed by atoms with van der Waals surface area (Å²) in [5.74, 6) is -4.73. The number of nitro groups is 1. The number of ketones is 1. The molecule has 1 heterocycles. The van der Waals surface area contributed by atoms with Gasteiger partial charge in [-0.05, 0) is 48.7 Å². The number of non-ortho nitro benzene ring substituents is 1. The van der Waals surface area contributed by atoms with E-state index in [1.165, 1.54) is 24.3 Å². The van der Waals surface area contributed by atoms with Crippen molar-refractivity contribution in [3.05, 3.63) is 87.7 Å². The van der Waals surface area contributed by atoms with E-state index in [1.807, 2.05) is 12.2 Å². The van der Waals surface area contributed by atoms with E-state index in [9.17, 15) is 33.7 Å². The highest BCUT2D eigenvalue weighted by atomic mass is 19.1. The number of hydrazine groups is 1. The van der Waals surface area contributed by atoms with Crippen molar-refractivity contribution in [1.29, 1.82) is 0 Å². The molecule has 1 saturated heterocycles. The van der Waals surface area contributed by atoms with Gasteiger partial charge in [0.15, 0.2) is 5.78 Å². The minimum Gasteiger partial charge on any atom is -0.292 e. The molecule has 2 aromatic carbocycles. The molecule has 1 aliphatic heterocycles. The summed E-state index contributed by atoms with van der Waals surface area (Å²) in [7, 11) is 0. The number of amides is 3. The molecule has 0 spiro atoms. The molecule has 4 rings (SSSR count). The lowest BCUT2D eigenvalue weighted by molar-refractivity contribution is -0.384. The van der Waals surface area contributed by atoms with E-state index >= 15 is 0 Å². The molecule has 3 amide bonds. The van der Waals surface area contributed by atoms with Crippen LogP contribution < -0.4 is 0 Å². The Morgan fingerprint density at radius 1 is 1.06 bits per heavy atom. The van der Waals surface area contributed by atoms with Crippen LogP contribution in [0.25, 0.3) is 0 Å². The first kappa shape index (κ1) is 23.0. The van der Waals surface area contributed by atoms with Crippen LogP contribution in [0.3, 0.4) is 0 Å². The molecule has 10 heteroatoms. The van der Waals surface area contributed by atoms with Crippen LogP contribution in [0.1, 0.15) is 34.1 Å². The maximum atomic E-state index is 13.4. The predicted octanol–water partition coefficient (Wildman–Crippen LogP) is 3.17. The average Bonchev–Trinajstić information content (AvgIpc) is 3.08. The van der Waals surface area contributed by atoms with Gasteiger partial charge < -0.3 is 0 Å². The number of carbonyl (C=O) groups excluding carboxylic acids is 4. The Hall–Kier alpha value is -4.21. The highest BCUT2D eigenvalue weighted by molar-refractivity contribution is 6.09. The number of benzene rings is 2. The van der Waals surface area contributed by atoms with Crippen molar-refractivity contribution in [1.82, 2.24) is 10.0 Å². The van der Waals surface area contributed by atoms with Gasteiger partial charge in [0, 0.05) is 23.3 Å². The Balaban J connectivity index is 1.70. The molecule has 174 valence electrons. The number of nitrogens with zero attached hydrogens (tertiary/aromatic N) is 3. The summed E-state index contributed by atoms with van der Waals surface area (Å²) in [5, 5.41) is 12.5. The van der Waals surface area contributed by atoms with Gasteiger partial charge in [-0.3, -0.25) is 29.3 Å². The zero-order valence-electron chi connectivity index (χ0n) is 18.1. The topological polar surface area (TPSA) is 118 Å². The van der Waals surface area contributed by atoms with Crippen molar-refractivity contribution in [2.24, 2.45) is 17.8 Å². The third-order valence-corrected chi connectivity index (χ3v) is 6.11. The van der Waals surface area contributed by atoms with Crippen molar-refractivity contribution in [3.8, 4) is 0 Å². The first-order valence-electron chi connectivity index (χ1n) is 10.6. The summed E-state index contributed by atoms with van der Waals surface area (Å²) >= 11 is 0. The lowest BCUT2D eigenvalue weighted by Crippen LogP contribution is -2.52. The zero-order valence-corrected chi connectivity index (χ0v) is 18.1. The molecule has 0 aromatic heterocycles. The van der Waals surface area contributed by atoms with Gasteiger partial charge in [-0.1, -0.05) is 19.1 Å². The summed E-state index contributed by atoms with van der Waals surface area (Å²) in [6.45, 7) is 1.15. The molecule has 0 N–H and O–H groups in total. The van der Waals surface area contributed by atoms with Crippen molar-refractivity contribution < 1.29 is 28.5 Å². The molecule has 9 nitrogen and oxygen atoms in total. The van der Waals surface area contributed by atoms with E-state index in [0.717, 1.165) is 34.3 Å². The monoisotopic (exact) mass is 465 g/mol. The lowest BCUT2D eigenvalue weighted by Gasteiger charge is -2.30. The van der Waals surface area contributed by atoms with E-state index in [4.69, 9.17) is 0 Å². The van der Waals surface area contributed by atoms with Crippen LogP contribution in [0.15, 0.2) is 60.7 Å². The van der Waals surface area contributed by atoms with Crippen LogP contribution in [0.4, 0.5) is 10.1 Å². The molecule has 2 aromatic rings. The first-order chi connectivity index (χ1) is 16.2. The number of hydrogen-bond donors (Lipinski definition) is 0. The third kappa shape index (κ3) is 4.09. The number of carbonyl (C=O) groups is 4. The fourth-order valence-electron chi connectivity index (χ4n) is 4.34. The maximum absolute atomic E-state index is 13.4. The number of nitro benzene ring substituents is 1. The summed E-state index contributed by atoms with van der Waals surface area (Å²) in [6.07, 6.45) is 3.98. The quantitative estimate of drug-likeness (QED) is 0.213. The number of allylic oxidation sites excluding steroid dienone is 2. The summed E-state index contributed by atoms with van der Waals surface area (Å²) < 4.78 is 13.3. The van der Waals surface area contributed by atoms with Gasteiger partial charge in [-0.15, -0.1) is 0 Å². The smallest absolute Gasteiger partial charge is 0.273 e. The fraction of sp³-hybridized carbons (Fsp3) is 0.250. The van der Waals surface area contributed by atoms with Crippen LogP contribution in [0.5, 0.6) is 0 Å². The molecule has 1 fully saturated rings. The molecule has 3 atom stereocenters. The molecule has 0 bridgehead atoms. The number of imide groups is 1. The second-order valence-electron chi connectivity index (χ2n) is 8.24. The van der Waals surface area contributed by atoms with Crippen LogP contribution in [-0.2, 0) is 9.59 Å². The average molecular weight is 465 g/mol. The Labute approximate surface area is 193 Å². The van der Waals surface area contributed by atoms with E-state index in [-0.39, 0.29) is 22.7 Å². The van der Waals surface area contributed by atoms with Crippen molar-refractivity contribution in [2.45, 2.75) is 13.3 Å². The largest absolute Gasteiger partial charge is 0.292 e. The fourth-order valence-corrected chi connectivity index (χ4v) is 4.34. The number of Topliss-reactive ketones (excluding diaryl/α,β-unsaturated/α-hetero) is 1. The van der Waals surface area contributed by atoms with Gasteiger partial charge in [0.05, 0.1) is 16.8 Å². The Bertz CT molecular complexity index is 1210. The Morgan fingerprint density at radius 2 is 1.68 bits per heavy atom. The highest BCUT2D eigenvalue weighted by Gasteiger charge is 2.53. The minimum absolute atomic E-state index is 0.0425. The number of hydrogen-bond acceptors (Lipinski definition) is 6. The van der Waals surface area contributed by atoms with Gasteiger partial charge in [-0.25, -0.2) is 9.40 Å². The Kier molecular flexibility index (Phi) is 6.06. The lowest BCUT2D eigenvalue weighted by atomic mass is 9.78. The van der Waals surface area contributed by atoms with Gasteiger partial charge in [0.2, 0.25) is 0 Å². The van der Waals surface area contributed by atoms with E-state index in [2.05, 4.69) is 0 Å². The van der Waals surface area contributed by atoms with Crippen LogP contribution in [-0.4, -0.2) is 45.0 Å². The summed E-state index contributed by atoms with van der Waals surface area (Å²) in [4.78, 5) is 63.1. The standard InChI is InChI=1S/C24H20FN3O6/c1-14-3-2-4-19-21(14)24(32)27(23(19)31)26(13-20(29)15-5-9-17(25)10-6-15)22(30)16-7-11-18(12-8-16)28(33)34/h2-3,5-12,14,19,21H,4,13H2,1H3/t14-,19+,21-/m1/s1. The van der Waals surface area contributed by atoms with Crippen molar-refractivity contribution >= 4 is 29.2 Å². The van der Waals surface area contributed by atoms with Crippen LogP contribution in [0.2, 0.25) is 0 Å². The van der Waals surface area contributed by atoms with E-state index in [0.29, 0.717) is 6.42 Å². The van der Waals surface area contributed by atoms with Gasteiger partial charge >= 0.3 is 0 Å². The maximum Gasteiger partial charge on any atom is 0.273 e. The summed E-state index contributed by atoms with van der Waals surface area (Å²) in [6, 6.07) is 9.28. The minimum atomic E-state index is -0.841. The number of rotatable bonds is 6. The van der Waals surface area contributed by atoms with E-state index < -0.39 is 52.6 Å². The molecule has 0 saturated carbocycles.